The number of para-hydroxylation sites is 1. The molecule has 7 heteroatoms. The fourth-order valence-corrected chi connectivity index (χ4v) is 3.03. The molecule has 31 heavy (non-hydrogen) atoms. The van der Waals surface area contributed by atoms with Gasteiger partial charge in [-0.15, -0.1) is 0 Å². The molecule has 0 bridgehead atoms. The van der Waals surface area contributed by atoms with E-state index in [-0.39, 0.29) is 12.2 Å². The summed E-state index contributed by atoms with van der Waals surface area (Å²) in [5.74, 6) is -0.691. The molecule has 2 aromatic heterocycles. The Labute approximate surface area is 179 Å². The SMILES string of the molecule is Cc1ccncc1OC(=O)CNC(=O)c1cc(-c2ccccc2)n(-c2ccccc2)n1. The molecular weight excluding hydrogens is 392 g/mol. The second kappa shape index (κ2) is 9.04. The van der Waals surface area contributed by atoms with Crippen molar-refractivity contribution in [2.75, 3.05) is 6.54 Å². The van der Waals surface area contributed by atoms with E-state index in [0.29, 0.717) is 5.75 Å². The van der Waals surface area contributed by atoms with Gasteiger partial charge in [-0.25, -0.2) is 9.48 Å². The fourth-order valence-electron chi connectivity index (χ4n) is 3.03. The average Bonchev–Trinajstić information content (AvgIpc) is 3.26. The quantitative estimate of drug-likeness (QED) is 0.489. The normalized spacial score (nSPS) is 10.5. The highest BCUT2D eigenvalue weighted by Gasteiger charge is 2.18. The van der Waals surface area contributed by atoms with E-state index >= 15 is 0 Å². The van der Waals surface area contributed by atoms with Crippen LogP contribution in [0.25, 0.3) is 16.9 Å². The van der Waals surface area contributed by atoms with Crippen LogP contribution >= 0.6 is 0 Å². The first kappa shape index (κ1) is 20.0. The molecule has 4 rings (SSSR count). The number of ether oxygens (including phenoxy) is 1. The lowest BCUT2D eigenvalue weighted by atomic mass is 10.1. The molecule has 0 unspecified atom stereocenters. The summed E-state index contributed by atoms with van der Waals surface area (Å²) in [6, 6.07) is 22.7. The lowest BCUT2D eigenvalue weighted by molar-refractivity contribution is -0.133. The van der Waals surface area contributed by atoms with E-state index in [1.54, 1.807) is 23.0 Å². The van der Waals surface area contributed by atoms with Crippen molar-refractivity contribution < 1.29 is 14.3 Å². The van der Waals surface area contributed by atoms with Gasteiger partial charge in [-0.3, -0.25) is 9.78 Å². The Kier molecular flexibility index (Phi) is 5.84. The van der Waals surface area contributed by atoms with Crippen molar-refractivity contribution in [3.63, 3.8) is 0 Å². The van der Waals surface area contributed by atoms with E-state index in [0.717, 1.165) is 22.5 Å². The van der Waals surface area contributed by atoms with E-state index in [2.05, 4.69) is 15.4 Å². The van der Waals surface area contributed by atoms with Crippen molar-refractivity contribution in [3.05, 3.63) is 96.4 Å². The van der Waals surface area contributed by atoms with Gasteiger partial charge in [0.05, 0.1) is 17.6 Å². The van der Waals surface area contributed by atoms with Gasteiger partial charge in [-0.2, -0.15) is 5.10 Å². The predicted octanol–water partition coefficient (Wildman–Crippen LogP) is 3.58. The number of esters is 1. The molecular formula is C24H20N4O3. The number of aromatic nitrogens is 3. The van der Waals surface area contributed by atoms with Gasteiger partial charge in [-0.1, -0.05) is 48.5 Å². The Morgan fingerprint density at radius 1 is 1.00 bits per heavy atom. The van der Waals surface area contributed by atoms with Gasteiger partial charge in [0, 0.05) is 11.8 Å². The van der Waals surface area contributed by atoms with E-state index in [4.69, 9.17) is 4.74 Å². The summed E-state index contributed by atoms with van der Waals surface area (Å²) in [6.07, 6.45) is 3.07. The molecule has 2 aromatic carbocycles. The maximum Gasteiger partial charge on any atom is 0.330 e. The van der Waals surface area contributed by atoms with Crippen molar-refractivity contribution in [2.24, 2.45) is 0 Å². The van der Waals surface area contributed by atoms with Crippen LogP contribution < -0.4 is 10.1 Å². The van der Waals surface area contributed by atoms with Crippen LogP contribution in [-0.4, -0.2) is 33.2 Å². The summed E-state index contributed by atoms with van der Waals surface area (Å²) < 4.78 is 6.97. The van der Waals surface area contributed by atoms with Crippen LogP contribution in [0, 0.1) is 6.92 Å². The van der Waals surface area contributed by atoms with Gasteiger partial charge in [0.1, 0.15) is 6.54 Å². The highest BCUT2D eigenvalue weighted by atomic mass is 16.5. The first-order valence-corrected chi connectivity index (χ1v) is 9.72. The summed E-state index contributed by atoms with van der Waals surface area (Å²) in [7, 11) is 0. The van der Waals surface area contributed by atoms with Crippen LogP contribution in [0.5, 0.6) is 5.75 Å². The number of carbonyl (C=O) groups excluding carboxylic acids is 2. The van der Waals surface area contributed by atoms with E-state index < -0.39 is 11.9 Å². The van der Waals surface area contributed by atoms with Gasteiger partial charge in [0.15, 0.2) is 11.4 Å². The number of aryl methyl sites for hydroxylation is 1. The van der Waals surface area contributed by atoms with Crippen molar-refractivity contribution in [3.8, 4) is 22.7 Å². The predicted molar refractivity (Wildman–Crippen MR) is 116 cm³/mol. The van der Waals surface area contributed by atoms with Gasteiger partial charge in [0.25, 0.3) is 5.91 Å². The average molecular weight is 412 g/mol. The molecule has 0 radical (unpaired) electrons. The maximum absolute atomic E-state index is 12.7. The minimum atomic E-state index is -0.588. The second-order valence-corrected chi connectivity index (χ2v) is 6.83. The van der Waals surface area contributed by atoms with Crippen molar-refractivity contribution in [1.82, 2.24) is 20.1 Å². The number of nitrogens with one attached hydrogen (secondary N) is 1. The molecule has 7 nitrogen and oxygen atoms in total. The third-order valence-corrected chi connectivity index (χ3v) is 4.62. The molecule has 0 saturated carbocycles. The third-order valence-electron chi connectivity index (χ3n) is 4.62. The number of benzene rings is 2. The van der Waals surface area contributed by atoms with Crippen LogP contribution in [0.3, 0.4) is 0 Å². The molecule has 4 aromatic rings. The fraction of sp³-hybridized carbons (Fsp3) is 0.0833. The summed E-state index contributed by atoms with van der Waals surface area (Å²) in [5, 5.41) is 7.05. The zero-order valence-electron chi connectivity index (χ0n) is 16.9. The molecule has 154 valence electrons. The number of pyridine rings is 1. The Bertz CT molecular complexity index is 1150. The Balaban J connectivity index is 1.52. The summed E-state index contributed by atoms with van der Waals surface area (Å²) in [4.78, 5) is 28.7. The number of amides is 1. The monoisotopic (exact) mass is 412 g/mol. The van der Waals surface area contributed by atoms with Crippen LogP contribution in [0.15, 0.2) is 85.2 Å². The molecule has 2 heterocycles. The van der Waals surface area contributed by atoms with Crippen molar-refractivity contribution >= 4 is 11.9 Å². The minimum absolute atomic E-state index is 0.202. The van der Waals surface area contributed by atoms with Crippen LogP contribution in [0.4, 0.5) is 0 Å². The number of hydrogen-bond acceptors (Lipinski definition) is 5. The van der Waals surface area contributed by atoms with Gasteiger partial charge in [0.2, 0.25) is 0 Å². The first-order chi connectivity index (χ1) is 15.1. The number of rotatable bonds is 6. The van der Waals surface area contributed by atoms with Crippen molar-refractivity contribution in [1.29, 1.82) is 0 Å². The van der Waals surface area contributed by atoms with Gasteiger partial charge >= 0.3 is 5.97 Å². The van der Waals surface area contributed by atoms with E-state index in [1.165, 1.54) is 6.20 Å². The highest BCUT2D eigenvalue weighted by Crippen LogP contribution is 2.24. The number of hydrogen-bond donors (Lipinski definition) is 1. The lowest BCUT2D eigenvalue weighted by Gasteiger charge is -2.07. The molecule has 0 atom stereocenters. The highest BCUT2D eigenvalue weighted by molar-refractivity contribution is 5.95. The maximum atomic E-state index is 12.7. The lowest BCUT2D eigenvalue weighted by Crippen LogP contribution is -2.32. The summed E-state index contributed by atoms with van der Waals surface area (Å²) >= 11 is 0. The summed E-state index contributed by atoms with van der Waals surface area (Å²) in [5.41, 5.74) is 3.50. The number of nitrogens with zero attached hydrogens (tertiary/aromatic N) is 3. The molecule has 0 saturated heterocycles. The van der Waals surface area contributed by atoms with E-state index in [1.807, 2.05) is 67.6 Å². The van der Waals surface area contributed by atoms with Crippen LogP contribution in [0.1, 0.15) is 16.1 Å². The van der Waals surface area contributed by atoms with Crippen LogP contribution in [-0.2, 0) is 4.79 Å². The first-order valence-electron chi connectivity index (χ1n) is 9.72. The standard InChI is InChI=1S/C24H20N4O3/c1-17-12-13-25-15-22(17)31-23(29)16-26-24(30)20-14-21(18-8-4-2-5-9-18)28(27-20)19-10-6-3-7-11-19/h2-15H,16H2,1H3,(H,26,30). The molecule has 1 N–H and O–H groups in total. The molecule has 0 aliphatic rings. The molecule has 0 aliphatic carbocycles. The smallest absolute Gasteiger partial charge is 0.330 e. The molecule has 1 amide bonds. The Morgan fingerprint density at radius 3 is 2.42 bits per heavy atom. The van der Waals surface area contributed by atoms with Gasteiger partial charge in [-0.05, 0) is 36.8 Å². The zero-order valence-corrected chi connectivity index (χ0v) is 16.9. The second-order valence-electron chi connectivity index (χ2n) is 6.83. The molecule has 0 fully saturated rings. The number of carbonyl (C=O) groups is 2. The largest absolute Gasteiger partial charge is 0.423 e. The Morgan fingerprint density at radius 2 is 1.71 bits per heavy atom. The topological polar surface area (TPSA) is 86.1 Å². The molecule has 0 aliphatic heterocycles. The van der Waals surface area contributed by atoms with Gasteiger partial charge < -0.3 is 10.1 Å². The summed E-state index contributed by atoms with van der Waals surface area (Å²) in [6.45, 7) is 1.52. The Hall–Kier alpha value is -4.26. The van der Waals surface area contributed by atoms with Crippen molar-refractivity contribution in [2.45, 2.75) is 6.92 Å². The minimum Gasteiger partial charge on any atom is -0.423 e. The van der Waals surface area contributed by atoms with Crippen LogP contribution in [0.2, 0.25) is 0 Å². The van der Waals surface area contributed by atoms with E-state index in [9.17, 15) is 9.59 Å². The zero-order chi connectivity index (χ0) is 21.6. The molecule has 0 spiro atoms. The third kappa shape index (κ3) is 4.67.